The van der Waals surface area contributed by atoms with Crippen LogP contribution in [0.5, 0.6) is 0 Å². The molecule has 12 heavy (non-hydrogen) atoms. The van der Waals surface area contributed by atoms with Gasteiger partial charge in [0.1, 0.15) is 0 Å². The molecule has 0 aromatic heterocycles. The Morgan fingerprint density at radius 3 is 1.92 bits per heavy atom. The molecular formula is C10H16OSi. The van der Waals surface area contributed by atoms with Gasteiger partial charge in [0.25, 0.3) is 8.32 Å². The molecule has 0 amide bonds. The molecule has 0 radical (unpaired) electrons. The summed E-state index contributed by atoms with van der Waals surface area (Å²) in [5.41, 5.74) is 2.05. The summed E-state index contributed by atoms with van der Waals surface area (Å²) in [4.78, 5) is 0. The van der Waals surface area contributed by atoms with E-state index in [4.69, 9.17) is 4.43 Å². The van der Waals surface area contributed by atoms with Gasteiger partial charge in [-0.15, -0.1) is 19.7 Å². The quantitative estimate of drug-likeness (QED) is 0.346. The van der Waals surface area contributed by atoms with Gasteiger partial charge in [0.05, 0.1) is 6.26 Å². The van der Waals surface area contributed by atoms with E-state index < -0.39 is 8.32 Å². The van der Waals surface area contributed by atoms with Gasteiger partial charge < -0.3 is 4.43 Å². The van der Waals surface area contributed by atoms with E-state index in [-0.39, 0.29) is 5.54 Å². The predicted octanol–water partition coefficient (Wildman–Crippen LogP) is 3.19. The zero-order valence-corrected chi connectivity index (χ0v) is 8.62. The molecule has 0 bridgehead atoms. The van der Waals surface area contributed by atoms with Gasteiger partial charge >= 0.3 is 0 Å². The molecule has 0 rings (SSSR count). The van der Waals surface area contributed by atoms with Crippen molar-refractivity contribution < 1.29 is 4.43 Å². The average molecular weight is 180 g/mol. The molecule has 0 aliphatic heterocycles. The Balaban J connectivity index is 4.67. The zero-order valence-electron chi connectivity index (χ0n) is 7.62. The van der Waals surface area contributed by atoms with Crippen LogP contribution in [0, 0.1) is 0 Å². The van der Waals surface area contributed by atoms with E-state index in [0.29, 0.717) is 0 Å². The Labute approximate surface area is 75.9 Å². The highest BCUT2D eigenvalue weighted by Gasteiger charge is 2.32. The molecule has 0 saturated carbocycles. The van der Waals surface area contributed by atoms with Gasteiger partial charge in [-0.2, -0.15) is 0 Å². The van der Waals surface area contributed by atoms with E-state index in [2.05, 4.69) is 32.9 Å². The van der Waals surface area contributed by atoms with Gasteiger partial charge in [0.15, 0.2) is 0 Å². The van der Waals surface area contributed by atoms with E-state index >= 15 is 0 Å². The lowest BCUT2D eigenvalue weighted by molar-refractivity contribution is 0.476. The Morgan fingerprint density at radius 2 is 1.67 bits per heavy atom. The van der Waals surface area contributed by atoms with E-state index in [0.717, 1.165) is 0 Å². The van der Waals surface area contributed by atoms with Crippen molar-refractivity contribution in [2.75, 3.05) is 0 Å². The summed E-state index contributed by atoms with van der Waals surface area (Å²) in [6.45, 7) is 16.8. The Morgan fingerprint density at radius 1 is 1.17 bits per heavy atom. The third-order valence-corrected chi connectivity index (χ3v) is 5.19. The first kappa shape index (κ1) is 11.0. The van der Waals surface area contributed by atoms with Gasteiger partial charge in [-0.1, -0.05) is 24.4 Å². The van der Waals surface area contributed by atoms with Crippen LogP contribution in [0.15, 0.2) is 50.4 Å². The van der Waals surface area contributed by atoms with E-state index in [1.165, 1.54) is 6.26 Å². The number of hydrogen-bond acceptors (Lipinski definition) is 1. The molecule has 0 spiro atoms. The van der Waals surface area contributed by atoms with Crippen molar-refractivity contribution in [2.24, 2.45) is 0 Å². The summed E-state index contributed by atoms with van der Waals surface area (Å²) < 4.78 is 5.46. The van der Waals surface area contributed by atoms with Crippen molar-refractivity contribution in [3.63, 3.8) is 0 Å². The van der Waals surface area contributed by atoms with Crippen LogP contribution in [0.4, 0.5) is 0 Å². The van der Waals surface area contributed by atoms with Crippen LogP contribution in [0.25, 0.3) is 0 Å². The predicted molar refractivity (Wildman–Crippen MR) is 57.2 cm³/mol. The van der Waals surface area contributed by atoms with Gasteiger partial charge in [0, 0.05) is 5.54 Å². The fourth-order valence-electron chi connectivity index (χ4n) is 1.01. The van der Waals surface area contributed by atoms with E-state index in [1.807, 2.05) is 17.9 Å². The van der Waals surface area contributed by atoms with Crippen LogP contribution in [0.1, 0.15) is 0 Å². The molecule has 1 nitrogen and oxygen atoms in total. The number of hydrogen-bond donors (Lipinski definition) is 0. The lowest BCUT2D eigenvalue weighted by atomic mass is 10.4. The minimum atomic E-state index is -1.94. The summed E-state index contributed by atoms with van der Waals surface area (Å²) in [5, 5.41) is 0. The van der Waals surface area contributed by atoms with Crippen molar-refractivity contribution in [3.05, 3.63) is 50.4 Å². The van der Waals surface area contributed by atoms with Crippen LogP contribution < -0.4 is 0 Å². The molecule has 0 heterocycles. The summed E-state index contributed by atoms with van der Waals surface area (Å²) in [7, 11) is -1.94. The highest BCUT2D eigenvalue weighted by molar-refractivity contribution is 6.79. The van der Waals surface area contributed by atoms with Crippen LogP contribution in [0.2, 0.25) is 12.1 Å². The third kappa shape index (κ3) is 2.24. The second-order valence-electron chi connectivity index (χ2n) is 2.67. The van der Waals surface area contributed by atoms with Crippen molar-refractivity contribution in [1.29, 1.82) is 0 Å². The Kier molecular flexibility index (Phi) is 4.37. The fraction of sp³-hybridized carbons (Fsp3) is 0.200. The molecule has 0 aromatic rings. The summed E-state index contributed by atoms with van der Waals surface area (Å²) in [6, 6.07) is 0. The standard InChI is InChI=1S/C10H16OSi/c1-6-10(7-2)12(5,9-4)11-8-3/h6-10H,1-4H2,5H3. The second-order valence-corrected chi connectivity index (χ2v) is 6.35. The van der Waals surface area contributed by atoms with Crippen LogP contribution >= 0.6 is 0 Å². The van der Waals surface area contributed by atoms with Gasteiger partial charge in [-0.05, 0) is 6.55 Å². The molecule has 0 N–H and O–H groups in total. The van der Waals surface area contributed by atoms with Crippen LogP contribution in [-0.2, 0) is 4.43 Å². The molecule has 2 heteroatoms. The molecule has 1 unspecified atom stereocenters. The van der Waals surface area contributed by atoms with E-state index in [9.17, 15) is 0 Å². The lowest BCUT2D eigenvalue weighted by Crippen LogP contribution is -2.34. The molecule has 1 atom stereocenters. The van der Waals surface area contributed by atoms with E-state index in [1.54, 1.807) is 0 Å². The highest BCUT2D eigenvalue weighted by atomic mass is 28.4. The molecule has 66 valence electrons. The molecule has 0 aliphatic rings. The van der Waals surface area contributed by atoms with Crippen LogP contribution in [0.3, 0.4) is 0 Å². The smallest absolute Gasteiger partial charge is 0.281 e. The summed E-state index contributed by atoms with van der Waals surface area (Å²) >= 11 is 0. The largest absolute Gasteiger partial charge is 0.545 e. The first-order chi connectivity index (χ1) is 5.64. The van der Waals surface area contributed by atoms with Crippen molar-refractivity contribution in [1.82, 2.24) is 0 Å². The van der Waals surface area contributed by atoms with Crippen molar-refractivity contribution in [2.45, 2.75) is 12.1 Å². The highest BCUT2D eigenvalue weighted by Crippen LogP contribution is 2.26. The Hall–Kier alpha value is -1.02. The molecule has 0 fully saturated rings. The first-order valence-corrected chi connectivity index (χ1v) is 6.38. The monoisotopic (exact) mass is 180 g/mol. The minimum Gasteiger partial charge on any atom is -0.545 e. The van der Waals surface area contributed by atoms with Crippen molar-refractivity contribution in [3.8, 4) is 0 Å². The zero-order chi connectivity index (χ0) is 9.61. The van der Waals surface area contributed by atoms with Gasteiger partial charge in [0.2, 0.25) is 0 Å². The maximum Gasteiger partial charge on any atom is 0.281 e. The van der Waals surface area contributed by atoms with Gasteiger partial charge in [-0.3, -0.25) is 0 Å². The summed E-state index contributed by atoms with van der Waals surface area (Å²) in [5.74, 6) is 0. The first-order valence-electron chi connectivity index (χ1n) is 3.82. The maximum absolute atomic E-state index is 5.46. The van der Waals surface area contributed by atoms with Crippen LogP contribution in [-0.4, -0.2) is 8.32 Å². The number of rotatable bonds is 6. The molecule has 0 saturated heterocycles. The molecular weight excluding hydrogens is 164 g/mol. The lowest BCUT2D eigenvalue weighted by Gasteiger charge is -2.26. The SMILES string of the molecule is C=CO[Si](C)(C=C)C(C=C)C=C. The third-order valence-electron chi connectivity index (χ3n) is 1.91. The number of allylic oxidation sites excluding steroid dienone is 2. The molecule has 0 aromatic carbocycles. The maximum atomic E-state index is 5.46. The fourth-order valence-corrected chi connectivity index (χ4v) is 2.83. The minimum absolute atomic E-state index is 0.188. The molecule has 0 aliphatic carbocycles. The van der Waals surface area contributed by atoms with Crippen molar-refractivity contribution >= 4 is 8.32 Å². The second kappa shape index (κ2) is 4.77. The topological polar surface area (TPSA) is 9.23 Å². The normalized spacial score (nSPS) is 14.5. The summed E-state index contributed by atoms with van der Waals surface area (Å²) in [6.07, 6.45) is 5.14. The average Bonchev–Trinajstić information content (AvgIpc) is 2.07. The van der Waals surface area contributed by atoms with Gasteiger partial charge in [-0.25, -0.2) is 0 Å². The Bertz CT molecular complexity index is 190.